The Morgan fingerprint density at radius 3 is 2.46 bits per heavy atom. The number of para-hydroxylation sites is 2. The third-order valence-electron chi connectivity index (χ3n) is 3.56. The van der Waals surface area contributed by atoms with Crippen LogP contribution in [-0.2, 0) is 0 Å². The van der Waals surface area contributed by atoms with Gasteiger partial charge in [0, 0.05) is 5.56 Å². The molecule has 0 aliphatic rings. The van der Waals surface area contributed by atoms with Gasteiger partial charge in [-0.2, -0.15) is 0 Å². The highest BCUT2D eigenvalue weighted by molar-refractivity contribution is 5.94. The van der Waals surface area contributed by atoms with E-state index < -0.39 is 5.91 Å². The molecule has 2 aromatic carbocycles. The van der Waals surface area contributed by atoms with E-state index in [4.69, 9.17) is 9.94 Å². The second-order valence-electron chi connectivity index (χ2n) is 5.31. The van der Waals surface area contributed by atoms with Crippen LogP contribution in [0.1, 0.15) is 20.8 Å². The van der Waals surface area contributed by atoms with Gasteiger partial charge in [0.15, 0.2) is 0 Å². The summed E-state index contributed by atoms with van der Waals surface area (Å²) in [6, 6.07) is 13.5. The Balaban J connectivity index is 1.49. The van der Waals surface area contributed by atoms with Crippen LogP contribution in [0.2, 0.25) is 0 Å². The van der Waals surface area contributed by atoms with Crippen LogP contribution in [-0.4, -0.2) is 40.1 Å². The molecule has 0 aliphatic heterocycles. The molecule has 3 N–H and O–H groups in total. The van der Waals surface area contributed by atoms with Gasteiger partial charge in [-0.25, -0.2) is 10.5 Å². The summed E-state index contributed by atoms with van der Waals surface area (Å²) >= 11 is 0. The predicted octanol–water partition coefficient (Wildman–Crippen LogP) is 1.56. The van der Waals surface area contributed by atoms with Crippen molar-refractivity contribution < 1.29 is 19.5 Å². The molecule has 0 radical (unpaired) electrons. The van der Waals surface area contributed by atoms with Crippen LogP contribution in [0.5, 0.6) is 5.75 Å². The third-order valence-corrected chi connectivity index (χ3v) is 3.56. The second-order valence-corrected chi connectivity index (χ2v) is 5.31. The lowest BCUT2D eigenvalue weighted by atomic mass is 10.2. The Labute approximate surface area is 148 Å². The number of nitrogens with one attached hydrogen (secondary N) is 2. The van der Waals surface area contributed by atoms with Crippen LogP contribution in [0, 0.1) is 0 Å². The van der Waals surface area contributed by atoms with Crippen molar-refractivity contribution in [3.63, 3.8) is 0 Å². The van der Waals surface area contributed by atoms with Crippen molar-refractivity contribution in [2.75, 3.05) is 13.2 Å². The maximum Gasteiger partial charge on any atom is 0.274 e. The number of hydroxylamine groups is 1. The first-order valence-electron chi connectivity index (χ1n) is 7.84. The van der Waals surface area contributed by atoms with Gasteiger partial charge in [-0.15, -0.1) is 0 Å². The SMILES string of the molecule is O=C(NO)c1ccc(OCCNC(=O)c2cnc3ccccc3n2)cc1. The Morgan fingerprint density at radius 1 is 1.00 bits per heavy atom. The summed E-state index contributed by atoms with van der Waals surface area (Å²) in [5, 5.41) is 11.3. The smallest absolute Gasteiger partial charge is 0.274 e. The zero-order chi connectivity index (χ0) is 18.4. The third kappa shape index (κ3) is 4.11. The fraction of sp³-hybridized carbons (Fsp3) is 0.111. The fourth-order valence-corrected chi connectivity index (χ4v) is 2.26. The average Bonchev–Trinajstić information content (AvgIpc) is 2.70. The number of hydrogen-bond donors (Lipinski definition) is 3. The van der Waals surface area contributed by atoms with E-state index in [0.29, 0.717) is 16.8 Å². The molecule has 0 unspecified atom stereocenters. The van der Waals surface area contributed by atoms with Crippen LogP contribution in [0.3, 0.4) is 0 Å². The first-order chi connectivity index (χ1) is 12.7. The Hall–Kier alpha value is -3.52. The number of fused-ring (bicyclic) bond motifs is 1. The van der Waals surface area contributed by atoms with Gasteiger partial charge >= 0.3 is 0 Å². The van der Waals surface area contributed by atoms with Crippen molar-refractivity contribution in [2.24, 2.45) is 0 Å². The summed E-state index contributed by atoms with van der Waals surface area (Å²) in [7, 11) is 0. The number of hydrogen-bond acceptors (Lipinski definition) is 6. The van der Waals surface area contributed by atoms with Gasteiger partial charge in [-0.3, -0.25) is 19.8 Å². The van der Waals surface area contributed by atoms with Crippen molar-refractivity contribution in [3.05, 3.63) is 66.0 Å². The number of ether oxygens (including phenoxy) is 1. The number of benzene rings is 2. The number of nitrogens with zero attached hydrogens (tertiary/aromatic N) is 2. The average molecular weight is 352 g/mol. The fourth-order valence-electron chi connectivity index (χ4n) is 2.26. The minimum Gasteiger partial charge on any atom is -0.492 e. The zero-order valence-electron chi connectivity index (χ0n) is 13.7. The van der Waals surface area contributed by atoms with Crippen molar-refractivity contribution in [3.8, 4) is 5.75 Å². The van der Waals surface area contributed by atoms with Crippen molar-refractivity contribution in [1.29, 1.82) is 0 Å². The molecule has 132 valence electrons. The first kappa shape index (κ1) is 17.3. The molecule has 8 nitrogen and oxygen atoms in total. The van der Waals surface area contributed by atoms with Crippen molar-refractivity contribution in [2.45, 2.75) is 0 Å². The molecule has 0 fully saturated rings. The molecule has 0 bridgehead atoms. The summed E-state index contributed by atoms with van der Waals surface area (Å²) in [6.45, 7) is 0.532. The topological polar surface area (TPSA) is 113 Å². The quantitative estimate of drug-likeness (QED) is 0.352. The molecule has 1 aromatic heterocycles. The predicted molar refractivity (Wildman–Crippen MR) is 93.1 cm³/mol. The largest absolute Gasteiger partial charge is 0.492 e. The van der Waals surface area contributed by atoms with E-state index >= 15 is 0 Å². The lowest BCUT2D eigenvalue weighted by Crippen LogP contribution is -2.29. The van der Waals surface area contributed by atoms with Crippen LogP contribution in [0.25, 0.3) is 11.0 Å². The number of rotatable bonds is 6. The Kier molecular flexibility index (Phi) is 5.35. The summed E-state index contributed by atoms with van der Waals surface area (Å²) in [4.78, 5) is 31.8. The molecule has 8 heteroatoms. The molecule has 3 rings (SSSR count). The molecule has 26 heavy (non-hydrogen) atoms. The van der Waals surface area contributed by atoms with Crippen LogP contribution in [0.15, 0.2) is 54.7 Å². The molecule has 0 atom stereocenters. The van der Waals surface area contributed by atoms with Gasteiger partial charge < -0.3 is 10.1 Å². The van der Waals surface area contributed by atoms with Gasteiger partial charge in [-0.1, -0.05) is 12.1 Å². The minimum atomic E-state index is -0.597. The molecular weight excluding hydrogens is 336 g/mol. The normalized spacial score (nSPS) is 10.3. The van der Waals surface area contributed by atoms with E-state index in [9.17, 15) is 9.59 Å². The van der Waals surface area contributed by atoms with E-state index in [-0.39, 0.29) is 24.8 Å². The minimum absolute atomic E-state index is 0.239. The molecule has 0 spiro atoms. The van der Waals surface area contributed by atoms with E-state index in [1.54, 1.807) is 23.7 Å². The molecule has 0 aliphatic carbocycles. The molecule has 0 saturated carbocycles. The van der Waals surface area contributed by atoms with Gasteiger partial charge in [-0.05, 0) is 36.4 Å². The van der Waals surface area contributed by atoms with E-state index in [0.717, 1.165) is 5.52 Å². The van der Waals surface area contributed by atoms with Crippen LogP contribution in [0.4, 0.5) is 0 Å². The van der Waals surface area contributed by atoms with Crippen molar-refractivity contribution in [1.82, 2.24) is 20.8 Å². The highest BCUT2D eigenvalue weighted by Gasteiger charge is 2.08. The Bertz CT molecular complexity index is 928. The van der Waals surface area contributed by atoms with Gasteiger partial charge in [0.25, 0.3) is 11.8 Å². The number of carbonyl (C=O) groups excluding carboxylic acids is 2. The standard InChI is InChI=1S/C18H16N4O4/c23-17(22-25)12-5-7-13(8-6-12)26-10-9-19-18(24)16-11-20-14-3-1-2-4-15(14)21-16/h1-8,11,25H,9-10H2,(H,19,24)(H,22,23). The summed E-state index contributed by atoms with van der Waals surface area (Å²) in [5.41, 5.74) is 3.48. The molecule has 1 heterocycles. The molecule has 0 saturated heterocycles. The van der Waals surface area contributed by atoms with Crippen LogP contribution < -0.4 is 15.5 Å². The Morgan fingerprint density at radius 2 is 1.73 bits per heavy atom. The monoisotopic (exact) mass is 352 g/mol. The van der Waals surface area contributed by atoms with E-state index in [1.807, 2.05) is 18.2 Å². The molecular formula is C18H16N4O4. The number of carbonyl (C=O) groups is 2. The summed E-state index contributed by atoms with van der Waals surface area (Å²) in [6.07, 6.45) is 1.43. The maximum absolute atomic E-state index is 12.1. The van der Waals surface area contributed by atoms with E-state index in [1.165, 1.54) is 18.3 Å². The zero-order valence-corrected chi connectivity index (χ0v) is 13.7. The lowest BCUT2D eigenvalue weighted by Gasteiger charge is -2.08. The number of aromatic nitrogens is 2. The summed E-state index contributed by atoms with van der Waals surface area (Å²) < 4.78 is 5.49. The highest BCUT2D eigenvalue weighted by Crippen LogP contribution is 2.12. The number of amides is 2. The highest BCUT2D eigenvalue weighted by atomic mass is 16.5. The van der Waals surface area contributed by atoms with Crippen molar-refractivity contribution >= 4 is 22.8 Å². The maximum atomic E-state index is 12.1. The summed E-state index contributed by atoms with van der Waals surface area (Å²) in [5.74, 6) is -0.388. The van der Waals surface area contributed by atoms with Crippen LogP contribution >= 0.6 is 0 Å². The molecule has 2 amide bonds. The first-order valence-corrected chi connectivity index (χ1v) is 7.84. The van der Waals surface area contributed by atoms with E-state index in [2.05, 4.69) is 15.3 Å². The van der Waals surface area contributed by atoms with Gasteiger partial charge in [0.1, 0.15) is 18.1 Å². The van der Waals surface area contributed by atoms with Gasteiger partial charge in [0.2, 0.25) is 0 Å². The molecule has 3 aromatic rings. The second kappa shape index (κ2) is 8.04. The van der Waals surface area contributed by atoms with Gasteiger partial charge in [0.05, 0.1) is 23.8 Å². The lowest BCUT2D eigenvalue weighted by molar-refractivity contribution is 0.0706.